The Morgan fingerprint density at radius 2 is 1.62 bits per heavy atom. The van der Waals surface area contributed by atoms with Gasteiger partial charge in [-0.05, 0) is 12.8 Å². The van der Waals surface area contributed by atoms with Crippen molar-refractivity contribution in [2.45, 2.75) is 84.0 Å². The summed E-state index contributed by atoms with van der Waals surface area (Å²) in [5.74, 6) is 1.63. The van der Waals surface area contributed by atoms with Gasteiger partial charge in [0.25, 0.3) is 0 Å². The molecule has 0 aliphatic carbocycles. The fourth-order valence-corrected chi connectivity index (χ4v) is 2.80. The van der Waals surface area contributed by atoms with E-state index >= 15 is 0 Å². The molecule has 0 aliphatic rings. The average Bonchev–Trinajstić information content (AvgIpc) is 2.52. The summed E-state index contributed by atoms with van der Waals surface area (Å²) in [6.07, 6.45) is 13.1. The molecule has 0 aliphatic heterocycles. The number of aromatic nitrogens is 2. The first-order valence-electron chi connectivity index (χ1n) is 8.53. The molecule has 1 aromatic rings. The van der Waals surface area contributed by atoms with Crippen LogP contribution in [0.15, 0.2) is 12.3 Å². The third kappa shape index (κ3) is 6.03. The van der Waals surface area contributed by atoms with E-state index in [0.29, 0.717) is 5.88 Å². The molecule has 0 saturated carbocycles. The van der Waals surface area contributed by atoms with Gasteiger partial charge in [0.05, 0.1) is 7.11 Å². The SMILES string of the molecule is CCCCCCC(C)(CCCCC)c1nccc(OC)n1. The minimum Gasteiger partial charge on any atom is -0.481 e. The molecule has 1 atom stereocenters. The molecule has 0 saturated heterocycles. The Labute approximate surface area is 130 Å². The van der Waals surface area contributed by atoms with E-state index in [-0.39, 0.29) is 5.41 Å². The van der Waals surface area contributed by atoms with E-state index in [1.54, 1.807) is 7.11 Å². The van der Waals surface area contributed by atoms with Crippen molar-refractivity contribution in [2.24, 2.45) is 0 Å². The number of nitrogens with zero attached hydrogens (tertiary/aromatic N) is 2. The van der Waals surface area contributed by atoms with Crippen LogP contribution in [0.1, 0.15) is 84.4 Å². The van der Waals surface area contributed by atoms with Gasteiger partial charge in [0.2, 0.25) is 5.88 Å². The van der Waals surface area contributed by atoms with E-state index in [9.17, 15) is 0 Å². The molecule has 1 rings (SSSR count). The molecular weight excluding hydrogens is 260 g/mol. The van der Waals surface area contributed by atoms with Crippen molar-refractivity contribution < 1.29 is 4.74 Å². The third-order valence-electron chi connectivity index (χ3n) is 4.29. The molecule has 0 spiro atoms. The van der Waals surface area contributed by atoms with Gasteiger partial charge in [0.15, 0.2) is 0 Å². The van der Waals surface area contributed by atoms with Gasteiger partial charge < -0.3 is 4.74 Å². The molecule has 0 amide bonds. The molecule has 0 aromatic carbocycles. The van der Waals surface area contributed by atoms with Crippen molar-refractivity contribution in [3.05, 3.63) is 18.1 Å². The first-order chi connectivity index (χ1) is 10.2. The number of hydrogen-bond donors (Lipinski definition) is 0. The Morgan fingerprint density at radius 1 is 1.00 bits per heavy atom. The van der Waals surface area contributed by atoms with Crippen LogP contribution in [0, 0.1) is 0 Å². The number of methoxy groups -OCH3 is 1. The van der Waals surface area contributed by atoms with Crippen molar-refractivity contribution >= 4 is 0 Å². The highest BCUT2D eigenvalue weighted by molar-refractivity contribution is 5.14. The fraction of sp³-hybridized carbons (Fsp3) is 0.778. The molecule has 120 valence electrons. The lowest BCUT2D eigenvalue weighted by atomic mass is 9.79. The summed E-state index contributed by atoms with van der Waals surface area (Å²) in [7, 11) is 1.67. The van der Waals surface area contributed by atoms with Crippen LogP contribution >= 0.6 is 0 Å². The van der Waals surface area contributed by atoms with Crippen LogP contribution in [0.25, 0.3) is 0 Å². The molecule has 1 aromatic heterocycles. The first kappa shape index (κ1) is 17.9. The van der Waals surface area contributed by atoms with E-state index in [0.717, 1.165) is 5.82 Å². The van der Waals surface area contributed by atoms with Gasteiger partial charge in [0, 0.05) is 17.7 Å². The monoisotopic (exact) mass is 292 g/mol. The molecule has 0 N–H and O–H groups in total. The molecule has 3 nitrogen and oxygen atoms in total. The molecule has 3 heteroatoms. The van der Waals surface area contributed by atoms with Crippen LogP contribution in [-0.4, -0.2) is 17.1 Å². The maximum Gasteiger partial charge on any atom is 0.216 e. The summed E-state index contributed by atoms with van der Waals surface area (Å²) < 4.78 is 5.27. The summed E-state index contributed by atoms with van der Waals surface area (Å²) in [6, 6.07) is 1.83. The van der Waals surface area contributed by atoms with Gasteiger partial charge in [-0.2, -0.15) is 4.98 Å². The van der Waals surface area contributed by atoms with Gasteiger partial charge in [-0.3, -0.25) is 0 Å². The highest BCUT2D eigenvalue weighted by Gasteiger charge is 2.29. The minimum absolute atomic E-state index is 0.0808. The summed E-state index contributed by atoms with van der Waals surface area (Å²) >= 11 is 0. The van der Waals surface area contributed by atoms with E-state index in [1.807, 2.05) is 12.3 Å². The zero-order chi connectivity index (χ0) is 15.6. The third-order valence-corrected chi connectivity index (χ3v) is 4.29. The minimum atomic E-state index is 0.0808. The van der Waals surface area contributed by atoms with Crippen LogP contribution in [0.4, 0.5) is 0 Å². The average molecular weight is 292 g/mol. The van der Waals surface area contributed by atoms with Gasteiger partial charge in [-0.15, -0.1) is 0 Å². The zero-order valence-electron chi connectivity index (χ0n) is 14.3. The summed E-state index contributed by atoms with van der Waals surface area (Å²) in [4.78, 5) is 9.15. The molecule has 1 unspecified atom stereocenters. The summed E-state index contributed by atoms with van der Waals surface area (Å²) in [5.41, 5.74) is 0.0808. The van der Waals surface area contributed by atoms with Crippen LogP contribution in [0.5, 0.6) is 5.88 Å². The van der Waals surface area contributed by atoms with E-state index in [2.05, 4.69) is 30.7 Å². The smallest absolute Gasteiger partial charge is 0.216 e. The summed E-state index contributed by atoms with van der Waals surface area (Å²) in [6.45, 7) is 6.83. The van der Waals surface area contributed by atoms with Gasteiger partial charge >= 0.3 is 0 Å². The van der Waals surface area contributed by atoms with Gasteiger partial charge in [0.1, 0.15) is 5.82 Å². The molecule has 0 fully saturated rings. The number of rotatable bonds is 11. The predicted octanol–water partition coefficient (Wildman–Crippen LogP) is 5.29. The highest BCUT2D eigenvalue weighted by atomic mass is 16.5. The quantitative estimate of drug-likeness (QED) is 0.519. The van der Waals surface area contributed by atoms with Crippen LogP contribution < -0.4 is 4.74 Å². The highest BCUT2D eigenvalue weighted by Crippen LogP contribution is 2.33. The molecular formula is C18H32N2O. The topological polar surface area (TPSA) is 35.0 Å². The van der Waals surface area contributed by atoms with Crippen molar-refractivity contribution in [3.8, 4) is 5.88 Å². The normalized spacial score (nSPS) is 13.9. The summed E-state index contributed by atoms with van der Waals surface area (Å²) in [5, 5.41) is 0. The van der Waals surface area contributed by atoms with Crippen molar-refractivity contribution in [1.29, 1.82) is 0 Å². The first-order valence-corrected chi connectivity index (χ1v) is 8.53. The Kier molecular flexibility index (Phi) is 8.33. The van der Waals surface area contributed by atoms with Crippen LogP contribution in [0.3, 0.4) is 0 Å². The molecule has 0 bridgehead atoms. The van der Waals surface area contributed by atoms with Gasteiger partial charge in [-0.1, -0.05) is 65.7 Å². The largest absolute Gasteiger partial charge is 0.481 e. The Balaban J connectivity index is 2.77. The van der Waals surface area contributed by atoms with Crippen molar-refractivity contribution in [1.82, 2.24) is 9.97 Å². The van der Waals surface area contributed by atoms with Gasteiger partial charge in [-0.25, -0.2) is 4.98 Å². The van der Waals surface area contributed by atoms with Crippen molar-refractivity contribution in [2.75, 3.05) is 7.11 Å². The molecule has 21 heavy (non-hydrogen) atoms. The second-order valence-corrected chi connectivity index (χ2v) is 6.25. The van der Waals surface area contributed by atoms with E-state index in [4.69, 9.17) is 4.74 Å². The molecule has 1 heterocycles. The number of ether oxygens (including phenoxy) is 1. The van der Waals surface area contributed by atoms with E-state index < -0.39 is 0 Å². The van der Waals surface area contributed by atoms with Crippen LogP contribution in [-0.2, 0) is 5.41 Å². The maximum atomic E-state index is 5.27. The number of hydrogen-bond acceptors (Lipinski definition) is 3. The Bertz CT molecular complexity index is 395. The maximum absolute atomic E-state index is 5.27. The predicted molar refractivity (Wildman–Crippen MR) is 88.8 cm³/mol. The lowest BCUT2D eigenvalue weighted by Gasteiger charge is -2.28. The Morgan fingerprint density at radius 3 is 2.24 bits per heavy atom. The fourth-order valence-electron chi connectivity index (χ4n) is 2.80. The van der Waals surface area contributed by atoms with E-state index in [1.165, 1.54) is 57.8 Å². The zero-order valence-corrected chi connectivity index (χ0v) is 14.3. The standard InChI is InChI=1S/C18H32N2O/c1-5-7-9-11-14-18(3,13-10-8-6-2)17-19-15-12-16(20-17)21-4/h12,15H,5-11,13-14H2,1-4H3. The van der Waals surface area contributed by atoms with Crippen LogP contribution in [0.2, 0.25) is 0 Å². The second-order valence-electron chi connectivity index (χ2n) is 6.25. The second kappa shape index (κ2) is 9.75. The number of unbranched alkanes of at least 4 members (excludes halogenated alkanes) is 5. The van der Waals surface area contributed by atoms with Crippen molar-refractivity contribution in [3.63, 3.8) is 0 Å². The molecule has 0 radical (unpaired) electrons. The lowest BCUT2D eigenvalue weighted by molar-refractivity contribution is 0.335. The Hall–Kier alpha value is -1.12. The lowest BCUT2D eigenvalue weighted by Crippen LogP contribution is -2.25.